The molecule has 1 aliphatic heterocycles. The molecule has 1 aromatic carbocycles. The molecule has 0 aromatic heterocycles. The maximum Gasteiger partial charge on any atom is 0.118 e. The van der Waals surface area contributed by atoms with Gasteiger partial charge in [0, 0.05) is 19.1 Å². The largest absolute Gasteiger partial charge is 0.497 e. The lowest BCUT2D eigenvalue weighted by atomic mass is 10.1. The Kier molecular flexibility index (Phi) is 8.70. The molecule has 3 nitrogen and oxygen atoms in total. The van der Waals surface area contributed by atoms with Gasteiger partial charge in [0.15, 0.2) is 0 Å². The Morgan fingerprint density at radius 2 is 1.88 bits per heavy atom. The molecule has 1 fully saturated rings. The van der Waals surface area contributed by atoms with Crippen LogP contribution in [0.5, 0.6) is 5.75 Å². The summed E-state index contributed by atoms with van der Waals surface area (Å²) in [6.45, 7) is 9.15. The zero-order chi connectivity index (χ0) is 18.1. The predicted octanol–water partition coefficient (Wildman–Crippen LogP) is 4.54. The van der Waals surface area contributed by atoms with Crippen molar-refractivity contribution in [1.29, 1.82) is 0 Å². The van der Waals surface area contributed by atoms with Crippen LogP contribution in [0, 0.1) is 0 Å². The molecule has 0 aliphatic carbocycles. The molecule has 0 saturated carbocycles. The highest BCUT2D eigenvalue weighted by molar-refractivity contribution is 7.80. The minimum absolute atomic E-state index is 0.543. The van der Waals surface area contributed by atoms with Gasteiger partial charge in [-0.2, -0.15) is 0 Å². The Balaban J connectivity index is 1.74. The first-order valence-corrected chi connectivity index (χ1v) is 10.2. The third-order valence-corrected chi connectivity index (χ3v) is 5.73. The molecule has 0 bridgehead atoms. The number of piperidine rings is 1. The fourth-order valence-corrected chi connectivity index (χ4v) is 3.98. The molecule has 0 radical (unpaired) electrons. The average molecular weight is 363 g/mol. The van der Waals surface area contributed by atoms with Crippen LogP contribution in [-0.4, -0.2) is 54.1 Å². The number of nitrogens with zero attached hydrogens (tertiary/aromatic N) is 2. The molecule has 140 valence electrons. The minimum atomic E-state index is 0.543. The molecule has 1 saturated heterocycles. The number of thiocarbonyl (C=S) groups is 1. The Hall–Kier alpha value is -1.13. The molecule has 1 aromatic rings. The second kappa shape index (κ2) is 10.8. The molecule has 1 atom stereocenters. The predicted molar refractivity (Wildman–Crippen MR) is 111 cm³/mol. The number of ether oxygens (including phenoxy) is 1. The number of benzene rings is 1. The molecule has 2 rings (SSSR count). The van der Waals surface area contributed by atoms with Crippen LogP contribution in [-0.2, 0) is 6.42 Å². The zero-order valence-electron chi connectivity index (χ0n) is 16.2. The molecule has 0 N–H and O–H groups in total. The molecule has 1 unspecified atom stereocenters. The summed E-state index contributed by atoms with van der Waals surface area (Å²) in [7, 11) is 1.71. The number of likely N-dealkylation sites (tertiary alicyclic amines) is 1. The van der Waals surface area contributed by atoms with Crippen LogP contribution in [0.25, 0.3) is 0 Å². The fourth-order valence-electron chi connectivity index (χ4n) is 3.66. The van der Waals surface area contributed by atoms with Gasteiger partial charge in [-0.3, -0.25) is 0 Å². The topological polar surface area (TPSA) is 15.7 Å². The third-order valence-electron chi connectivity index (χ3n) is 5.26. The van der Waals surface area contributed by atoms with Crippen LogP contribution in [0.2, 0.25) is 0 Å². The Labute approximate surface area is 159 Å². The number of hydrogen-bond acceptors (Lipinski definition) is 3. The van der Waals surface area contributed by atoms with Gasteiger partial charge in [-0.05, 0) is 76.2 Å². The maximum absolute atomic E-state index is 5.65. The summed E-state index contributed by atoms with van der Waals surface area (Å²) < 4.78 is 5.24. The molecule has 4 heteroatoms. The Morgan fingerprint density at radius 3 is 2.48 bits per heavy atom. The van der Waals surface area contributed by atoms with Crippen molar-refractivity contribution < 1.29 is 4.74 Å². The first kappa shape index (κ1) is 20.2. The molecule has 1 aliphatic rings. The van der Waals surface area contributed by atoms with Crippen LogP contribution >= 0.6 is 12.2 Å². The summed E-state index contributed by atoms with van der Waals surface area (Å²) in [6, 6.07) is 9.00. The van der Waals surface area contributed by atoms with E-state index in [4.69, 9.17) is 17.0 Å². The molecular weight excluding hydrogens is 328 g/mol. The van der Waals surface area contributed by atoms with Gasteiger partial charge >= 0.3 is 0 Å². The van der Waals surface area contributed by atoms with E-state index in [0.717, 1.165) is 38.1 Å². The van der Waals surface area contributed by atoms with Crippen molar-refractivity contribution in [1.82, 2.24) is 9.80 Å². The van der Waals surface area contributed by atoms with Crippen molar-refractivity contribution >= 4 is 17.2 Å². The lowest BCUT2D eigenvalue weighted by Gasteiger charge is -2.31. The van der Waals surface area contributed by atoms with E-state index in [2.05, 4.69) is 47.9 Å². The standard InChI is InChI=1S/C21H34N2OS/c1-4-22(16-8-9-21(25)23-14-6-5-7-15-23)18(2)17-19-10-12-20(24-3)13-11-19/h10-13,18H,4-9,14-17H2,1-3H3. The maximum atomic E-state index is 5.65. The Morgan fingerprint density at radius 1 is 1.20 bits per heavy atom. The zero-order valence-corrected chi connectivity index (χ0v) is 17.0. The van der Waals surface area contributed by atoms with E-state index in [-0.39, 0.29) is 0 Å². The molecule has 0 amide bonds. The highest BCUT2D eigenvalue weighted by Crippen LogP contribution is 2.16. The Bertz CT molecular complexity index is 511. The second-order valence-corrected chi connectivity index (χ2v) is 7.55. The van der Waals surface area contributed by atoms with Crippen LogP contribution < -0.4 is 4.74 Å². The monoisotopic (exact) mass is 362 g/mol. The van der Waals surface area contributed by atoms with Crippen molar-refractivity contribution in [2.24, 2.45) is 0 Å². The smallest absolute Gasteiger partial charge is 0.118 e. The summed E-state index contributed by atoms with van der Waals surface area (Å²) in [4.78, 5) is 6.18. The number of methoxy groups -OCH3 is 1. The van der Waals surface area contributed by atoms with Gasteiger partial charge in [-0.15, -0.1) is 0 Å². The summed E-state index contributed by atoms with van der Waals surface area (Å²) in [5.41, 5.74) is 1.37. The second-order valence-electron chi connectivity index (χ2n) is 7.07. The number of likely N-dealkylation sites (N-methyl/N-ethyl adjacent to an activating group) is 1. The lowest BCUT2D eigenvalue weighted by Crippen LogP contribution is -2.37. The van der Waals surface area contributed by atoms with E-state index in [1.807, 2.05) is 0 Å². The van der Waals surface area contributed by atoms with Gasteiger partial charge in [0.1, 0.15) is 5.75 Å². The van der Waals surface area contributed by atoms with Crippen molar-refractivity contribution in [3.63, 3.8) is 0 Å². The summed E-state index contributed by atoms with van der Waals surface area (Å²) in [5, 5.41) is 0. The SMILES string of the molecule is CCN(CCCC(=S)N1CCCCC1)C(C)Cc1ccc(OC)cc1. The molecular formula is C21H34N2OS. The van der Waals surface area contributed by atoms with Crippen molar-refractivity contribution in [3.05, 3.63) is 29.8 Å². The van der Waals surface area contributed by atoms with E-state index >= 15 is 0 Å². The van der Waals surface area contributed by atoms with Gasteiger partial charge in [0.25, 0.3) is 0 Å². The third kappa shape index (κ3) is 6.59. The van der Waals surface area contributed by atoms with Crippen molar-refractivity contribution in [2.45, 2.75) is 58.4 Å². The highest BCUT2D eigenvalue weighted by atomic mass is 32.1. The number of hydrogen-bond donors (Lipinski definition) is 0. The summed E-state index contributed by atoms with van der Waals surface area (Å²) in [5.74, 6) is 0.926. The highest BCUT2D eigenvalue weighted by Gasteiger charge is 2.15. The van der Waals surface area contributed by atoms with Gasteiger partial charge < -0.3 is 14.5 Å². The van der Waals surface area contributed by atoms with Crippen LogP contribution in [0.1, 0.15) is 51.5 Å². The normalized spacial score (nSPS) is 16.1. The van der Waals surface area contributed by atoms with Gasteiger partial charge in [0.05, 0.1) is 12.1 Å². The summed E-state index contributed by atoms with van der Waals surface area (Å²) >= 11 is 5.65. The molecule has 0 spiro atoms. The fraction of sp³-hybridized carbons (Fsp3) is 0.667. The molecule has 1 heterocycles. The van der Waals surface area contributed by atoms with E-state index in [1.54, 1.807) is 7.11 Å². The first-order valence-electron chi connectivity index (χ1n) is 9.78. The van der Waals surface area contributed by atoms with Gasteiger partial charge in [-0.1, -0.05) is 31.3 Å². The van der Waals surface area contributed by atoms with E-state index in [0.29, 0.717) is 6.04 Å². The van der Waals surface area contributed by atoms with Crippen LogP contribution in [0.3, 0.4) is 0 Å². The van der Waals surface area contributed by atoms with Crippen LogP contribution in [0.4, 0.5) is 0 Å². The number of rotatable bonds is 9. The average Bonchev–Trinajstić information content (AvgIpc) is 2.66. The van der Waals surface area contributed by atoms with Gasteiger partial charge in [-0.25, -0.2) is 0 Å². The minimum Gasteiger partial charge on any atom is -0.497 e. The van der Waals surface area contributed by atoms with E-state index < -0.39 is 0 Å². The van der Waals surface area contributed by atoms with E-state index in [1.165, 1.54) is 42.9 Å². The molecule has 25 heavy (non-hydrogen) atoms. The quantitative estimate of drug-likeness (QED) is 0.599. The van der Waals surface area contributed by atoms with Crippen molar-refractivity contribution in [2.75, 3.05) is 33.3 Å². The van der Waals surface area contributed by atoms with Crippen molar-refractivity contribution in [3.8, 4) is 5.75 Å². The lowest BCUT2D eigenvalue weighted by molar-refractivity contribution is 0.216. The van der Waals surface area contributed by atoms with Crippen LogP contribution in [0.15, 0.2) is 24.3 Å². The summed E-state index contributed by atoms with van der Waals surface area (Å²) in [6.07, 6.45) is 7.28. The van der Waals surface area contributed by atoms with Gasteiger partial charge in [0.2, 0.25) is 0 Å². The van der Waals surface area contributed by atoms with E-state index in [9.17, 15) is 0 Å². The first-order chi connectivity index (χ1) is 12.1.